The number of nitrogens with zero attached hydrogens (tertiary/aromatic N) is 1. The maximum atomic E-state index is 12.0. The lowest BCUT2D eigenvalue weighted by atomic mass is 10.1. The fourth-order valence-corrected chi connectivity index (χ4v) is 2.53. The summed E-state index contributed by atoms with van der Waals surface area (Å²) < 4.78 is 5.59. The largest absolute Gasteiger partial charge is 0.484 e. The molecule has 0 saturated heterocycles. The summed E-state index contributed by atoms with van der Waals surface area (Å²) in [6.45, 7) is 5.69. The van der Waals surface area contributed by atoms with E-state index in [1.807, 2.05) is 38.1 Å². The Kier molecular flexibility index (Phi) is 7.02. The van der Waals surface area contributed by atoms with Crippen LogP contribution in [0.2, 0.25) is 0 Å². The number of ether oxygens (including phenoxy) is 1. The predicted octanol–water partition coefficient (Wildman–Crippen LogP) is 3.24. The molecule has 2 aromatic carbocycles. The van der Waals surface area contributed by atoms with E-state index in [-0.39, 0.29) is 18.1 Å². The van der Waals surface area contributed by atoms with Gasteiger partial charge in [-0.25, -0.2) is 4.79 Å². The quantitative estimate of drug-likeness (QED) is 0.721. The van der Waals surface area contributed by atoms with Crippen LogP contribution < -0.4 is 10.1 Å². The Morgan fingerprint density at radius 3 is 2.50 bits per heavy atom. The number of nitrogens with one attached hydrogen (secondary N) is 1. The molecule has 0 radical (unpaired) electrons. The Hall–Kier alpha value is -3.02. The van der Waals surface area contributed by atoms with Crippen molar-refractivity contribution < 1.29 is 19.4 Å². The summed E-state index contributed by atoms with van der Waals surface area (Å²) in [7, 11) is 0. The monoisotopic (exact) mass is 356 g/mol. The summed E-state index contributed by atoms with van der Waals surface area (Å²) in [5, 5.41) is 12.3. The van der Waals surface area contributed by atoms with Crippen LogP contribution in [-0.2, 0) is 11.3 Å². The van der Waals surface area contributed by atoms with Gasteiger partial charge in [-0.15, -0.1) is 0 Å². The molecule has 6 heteroatoms. The fourth-order valence-electron chi connectivity index (χ4n) is 2.53. The molecule has 2 aromatic rings. The Balaban J connectivity index is 1.93. The molecule has 138 valence electrons. The Morgan fingerprint density at radius 2 is 1.81 bits per heavy atom. The molecule has 2 N–H and O–H groups in total. The minimum absolute atomic E-state index is 0.00574. The number of hydrogen-bond donors (Lipinski definition) is 2. The van der Waals surface area contributed by atoms with Crippen molar-refractivity contribution in [3.05, 3.63) is 59.7 Å². The number of carbonyl (C=O) groups excluding carboxylic acids is 1. The molecule has 26 heavy (non-hydrogen) atoms. The van der Waals surface area contributed by atoms with Crippen LogP contribution in [0.4, 0.5) is 5.69 Å². The second-order valence-corrected chi connectivity index (χ2v) is 5.74. The molecule has 2 rings (SSSR count). The van der Waals surface area contributed by atoms with Gasteiger partial charge in [0.05, 0.1) is 5.56 Å². The van der Waals surface area contributed by atoms with E-state index < -0.39 is 5.97 Å². The molecule has 6 nitrogen and oxygen atoms in total. The van der Waals surface area contributed by atoms with E-state index in [1.54, 1.807) is 29.2 Å². The first-order valence-corrected chi connectivity index (χ1v) is 8.60. The van der Waals surface area contributed by atoms with Gasteiger partial charge in [-0.2, -0.15) is 0 Å². The lowest BCUT2D eigenvalue weighted by Gasteiger charge is -2.18. The first-order chi connectivity index (χ1) is 12.5. The normalized spacial score (nSPS) is 10.2. The zero-order valence-corrected chi connectivity index (χ0v) is 15.1. The van der Waals surface area contributed by atoms with Crippen LogP contribution in [0.3, 0.4) is 0 Å². The molecule has 1 amide bonds. The summed E-state index contributed by atoms with van der Waals surface area (Å²) >= 11 is 0. The molecule has 0 aliphatic rings. The van der Waals surface area contributed by atoms with Crippen molar-refractivity contribution in [3.8, 4) is 5.75 Å². The molecule has 0 heterocycles. The van der Waals surface area contributed by atoms with Crippen molar-refractivity contribution in [1.29, 1.82) is 0 Å². The van der Waals surface area contributed by atoms with Crippen molar-refractivity contribution in [2.75, 3.05) is 25.0 Å². The molecular formula is C20H24N2O4. The molecule has 0 bridgehead atoms. The molecule has 0 spiro atoms. The first kappa shape index (κ1) is 19.3. The number of rotatable bonds is 9. The Bertz CT molecular complexity index is 757. The Labute approximate surface area is 153 Å². The van der Waals surface area contributed by atoms with Crippen LogP contribution in [-0.4, -0.2) is 41.6 Å². The zero-order valence-electron chi connectivity index (χ0n) is 15.1. The number of hydrogen-bond acceptors (Lipinski definition) is 4. The second kappa shape index (κ2) is 9.46. The van der Waals surface area contributed by atoms with E-state index in [2.05, 4.69) is 5.32 Å². The van der Waals surface area contributed by atoms with Crippen LogP contribution in [0.5, 0.6) is 5.75 Å². The van der Waals surface area contributed by atoms with Crippen molar-refractivity contribution >= 4 is 17.6 Å². The number of amides is 1. The summed E-state index contributed by atoms with van der Waals surface area (Å²) in [4.78, 5) is 24.7. The van der Waals surface area contributed by atoms with E-state index in [9.17, 15) is 9.59 Å². The average molecular weight is 356 g/mol. The average Bonchev–Trinajstić information content (AvgIpc) is 2.66. The topological polar surface area (TPSA) is 78.9 Å². The number of benzene rings is 2. The lowest BCUT2D eigenvalue weighted by molar-refractivity contribution is -0.132. The SMILES string of the molecule is CCN(CC)C(=O)COc1cccc(NCc2cccc(C(=O)O)c2)c1. The number of aromatic carboxylic acids is 1. The standard InChI is InChI=1S/C20H24N2O4/c1-3-22(4-2)19(23)14-26-18-10-6-9-17(12-18)21-13-15-7-5-8-16(11-15)20(24)25/h5-12,21H,3-4,13-14H2,1-2H3,(H,24,25). The highest BCUT2D eigenvalue weighted by atomic mass is 16.5. The van der Waals surface area contributed by atoms with Crippen molar-refractivity contribution in [2.24, 2.45) is 0 Å². The molecule has 0 atom stereocenters. The lowest BCUT2D eigenvalue weighted by Crippen LogP contribution is -2.34. The van der Waals surface area contributed by atoms with Gasteiger partial charge in [-0.3, -0.25) is 4.79 Å². The third kappa shape index (κ3) is 5.51. The molecular weight excluding hydrogens is 332 g/mol. The number of carboxylic acids is 1. The van der Waals surface area contributed by atoms with E-state index in [0.717, 1.165) is 11.3 Å². The summed E-state index contributed by atoms with van der Waals surface area (Å²) in [6, 6.07) is 14.1. The zero-order chi connectivity index (χ0) is 18.9. The summed E-state index contributed by atoms with van der Waals surface area (Å²) in [5.41, 5.74) is 1.96. The van der Waals surface area contributed by atoms with Gasteiger partial charge in [0.15, 0.2) is 6.61 Å². The highest BCUT2D eigenvalue weighted by molar-refractivity contribution is 5.87. The number of carboxylic acid groups (broad SMARTS) is 1. The third-order valence-corrected chi connectivity index (χ3v) is 3.98. The maximum absolute atomic E-state index is 12.0. The molecule has 0 fully saturated rings. The Morgan fingerprint density at radius 1 is 1.08 bits per heavy atom. The predicted molar refractivity (Wildman–Crippen MR) is 101 cm³/mol. The van der Waals surface area contributed by atoms with Gasteiger partial charge in [0.1, 0.15) is 5.75 Å². The molecule has 0 aliphatic heterocycles. The van der Waals surface area contributed by atoms with Crippen LogP contribution in [0, 0.1) is 0 Å². The van der Waals surface area contributed by atoms with Crippen LogP contribution >= 0.6 is 0 Å². The molecule has 0 aliphatic carbocycles. The van der Waals surface area contributed by atoms with E-state index in [4.69, 9.17) is 9.84 Å². The smallest absolute Gasteiger partial charge is 0.335 e. The molecule has 0 unspecified atom stereocenters. The van der Waals surface area contributed by atoms with Gasteiger partial charge >= 0.3 is 5.97 Å². The van der Waals surface area contributed by atoms with E-state index in [1.165, 1.54) is 0 Å². The van der Waals surface area contributed by atoms with Gasteiger partial charge in [-0.05, 0) is 43.7 Å². The van der Waals surface area contributed by atoms with Gasteiger partial charge in [0.25, 0.3) is 5.91 Å². The van der Waals surface area contributed by atoms with E-state index in [0.29, 0.717) is 25.4 Å². The maximum Gasteiger partial charge on any atom is 0.335 e. The number of carbonyl (C=O) groups is 2. The minimum atomic E-state index is -0.944. The summed E-state index contributed by atoms with van der Waals surface area (Å²) in [5.74, 6) is -0.381. The third-order valence-electron chi connectivity index (χ3n) is 3.98. The van der Waals surface area contributed by atoms with Gasteiger partial charge in [0.2, 0.25) is 0 Å². The number of anilines is 1. The van der Waals surface area contributed by atoms with Crippen molar-refractivity contribution in [2.45, 2.75) is 20.4 Å². The fraction of sp³-hybridized carbons (Fsp3) is 0.300. The molecule has 0 aromatic heterocycles. The number of likely N-dealkylation sites (N-methyl/N-ethyl adjacent to an activating group) is 1. The molecule has 0 saturated carbocycles. The second-order valence-electron chi connectivity index (χ2n) is 5.74. The first-order valence-electron chi connectivity index (χ1n) is 8.60. The van der Waals surface area contributed by atoms with Gasteiger partial charge in [-0.1, -0.05) is 18.2 Å². The van der Waals surface area contributed by atoms with Crippen LogP contribution in [0.15, 0.2) is 48.5 Å². The summed E-state index contributed by atoms with van der Waals surface area (Å²) in [6.07, 6.45) is 0. The van der Waals surface area contributed by atoms with Gasteiger partial charge < -0.3 is 20.1 Å². The van der Waals surface area contributed by atoms with Crippen molar-refractivity contribution in [3.63, 3.8) is 0 Å². The minimum Gasteiger partial charge on any atom is -0.484 e. The van der Waals surface area contributed by atoms with Gasteiger partial charge in [0, 0.05) is 31.4 Å². The highest BCUT2D eigenvalue weighted by Crippen LogP contribution is 2.18. The van der Waals surface area contributed by atoms with Crippen LogP contribution in [0.25, 0.3) is 0 Å². The van der Waals surface area contributed by atoms with E-state index >= 15 is 0 Å². The van der Waals surface area contributed by atoms with Crippen LogP contribution in [0.1, 0.15) is 29.8 Å². The highest BCUT2D eigenvalue weighted by Gasteiger charge is 2.10. The van der Waals surface area contributed by atoms with Crippen molar-refractivity contribution in [1.82, 2.24) is 4.90 Å².